The van der Waals surface area contributed by atoms with Crippen LogP contribution in [0.15, 0.2) is 0 Å². The van der Waals surface area contributed by atoms with Gasteiger partial charge in [-0.25, -0.2) is 8.42 Å². The predicted octanol–water partition coefficient (Wildman–Crippen LogP) is 1.74. The Labute approximate surface area is 105 Å². The van der Waals surface area contributed by atoms with Gasteiger partial charge in [0.15, 0.2) is 0 Å². The second-order valence-electron chi connectivity index (χ2n) is 5.29. The van der Waals surface area contributed by atoms with Gasteiger partial charge >= 0.3 is 0 Å². The lowest BCUT2D eigenvalue weighted by atomic mass is 10.1. The second-order valence-corrected chi connectivity index (χ2v) is 7.73. The molecule has 1 aliphatic heterocycles. The van der Waals surface area contributed by atoms with Crippen molar-refractivity contribution < 1.29 is 13.5 Å². The van der Waals surface area contributed by atoms with Gasteiger partial charge < -0.3 is 5.11 Å². The van der Waals surface area contributed by atoms with Gasteiger partial charge in [0.1, 0.15) is 0 Å². The maximum atomic E-state index is 12.3. The van der Waals surface area contributed by atoms with Crippen molar-refractivity contribution in [3.63, 3.8) is 0 Å². The van der Waals surface area contributed by atoms with Gasteiger partial charge in [0.05, 0.1) is 11.4 Å². The summed E-state index contributed by atoms with van der Waals surface area (Å²) in [5, 5.41) is 9.12. The highest BCUT2D eigenvalue weighted by molar-refractivity contribution is 7.89. The highest BCUT2D eigenvalue weighted by Gasteiger charge is 2.33. The minimum atomic E-state index is -3.20. The molecule has 0 saturated carbocycles. The monoisotopic (exact) mass is 263 g/mol. The van der Waals surface area contributed by atoms with E-state index in [1.165, 1.54) is 0 Å². The van der Waals surface area contributed by atoms with E-state index in [4.69, 9.17) is 0 Å². The fourth-order valence-corrected chi connectivity index (χ4v) is 3.92. The Kier molecular flexibility index (Phi) is 5.41. The number of sulfonamides is 1. The fraction of sp³-hybridized carbons (Fsp3) is 1.00. The van der Waals surface area contributed by atoms with Crippen LogP contribution in [0.3, 0.4) is 0 Å². The average Bonchev–Trinajstić information content (AvgIpc) is 2.42. The van der Waals surface area contributed by atoms with E-state index in [-0.39, 0.29) is 11.3 Å². The van der Waals surface area contributed by atoms with Crippen molar-refractivity contribution in [3.8, 4) is 0 Å². The minimum Gasteiger partial charge on any atom is -0.393 e. The van der Waals surface area contributed by atoms with Crippen molar-refractivity contribution in [1.29, 1.82) is 0 Å². The van der Waals surface area contributed by atoms with Crippen molar-refractivity contribution in [1.82, 2.24) is 4.31 Å². The smallest absolute Gasteiger partial charge is 0.216 e. The van der Waals surface area contributed by atoms with Crippen LogP contribution in [0.1, 0.15) is 52.9 Å². The van der Waals surface area contributed by atoms with E-state index in [0.717, 1.165) is 25.7 Å². The third-order valence-corrected chi connectivity index (χ3v) is 5.68. The Hall–Kier alpha value is -0.130. The van der Waals surface area contributed by atoms with Gasteiger partial charge in [0.25, 0.3) is 0 Å². The molecule has 0 aromatic carbocycles. The van der Waals surface area contributed by atoms with E-state index in [1.54, 1.807) is 25.1 Å². The molecule has 1 N–H and O–H groups in total. The van der Waals surface area contributed by atoms with Gasteiger partial charge in [-0.2, -0.15) is 4.31 Å². The number of nitrogens with zero attached hydrogens (tertiary/aromatic N) is 1. The topological polar surface area (TPSA) is 57.6 Å². The van der Waals surface area contributed by atoms with E-state index in [1.807, 2.05) is 0 Å². The molecule has 0 spiro atoms. The first-order valence-corrected chi connectivity index (χ1v) is 8.04. The molecule has 5 heteroatoms. The average molecular weight is 263 g/mol. The predicted molar refractivity (Wildman–Crippen MR) is 69.3 cm³/mol. The van der Waals surface area contributed by atoms with Crippen LogP contribution in [0.25, 0.3) is 0 Å². The maximum Gasteiger partial charge on any atom is 0.216 e. The molecule has 0 aromatic heterocycles. The standard InChI is InChI=1S/C12H25NO3S/c1-10(2)17(15,16)13-8-6-4-5-7-12(13)9-11(3)14/h10-12,14H,4-9H2,1-3H3. The lowest BCUT2D eigenvalue weighted by Gasteiger charge is -2.31. The number of aliphatic hydroxyl groups excluding tert-OH is 1. The first-order valence-electron chi connectivity index (χ1n) is 6.54. The highest BCUT2D eigenvalue weighted by atomic mass is 32.2. The zero-order valence-corrected chi connectivity index (χ0v) is 11.9. The summed E-state index contributed by atoms with van der Waals surface area (Å²) in [7, 11) is -3.20. The van der Waals surface area contributed by atoms with Crippen LogP contribution < -0.4 is 0 Å². The number of hydrogen-bond donors (Lipinski definition) is 1. The molecule has 17 heavy (non-hydrogen) atoms. The van der Waals surface area contributed by atoms with Crippen LogP contribution in [-0.2, 0) is 10.0 Å². The number of aliphatic hydroxyl groups is 1. The summed E-state index contributed by atoms with van der Waals surface area (Å²) in [4.78, 5) is 0. The second kappa shape index (κ2) is 6.16. The van der Waals surface area contributed by atoms with Gasteiger partial charge in [0, 0.05) is 12.6 Å². The number of rotatable bonds is 4. The summed E-state index contributed by atoms with van der Waals surface area (Å²) in [5.41, 5.74) is 0. The quantitative estimate of drug-likeness (QED) is 0.840. The molecule has 1 rings (SSSR count). The molecule has 0 aliphatic carbocycles. The van der Waals surface area contributed by atoms with Crippen LogP contribution in [0, 0.1) is 0 Å². The van der Waals surface area contributed by atoms with E-state index in [9.17, 15) is 13.5 Å². The molecule has 0 bridgehead atoms. The molecule has 1 fully saturated rings. The molecule has 4 nitrogen and oxygen atoms in total. The summed E-state index contributed by atoms with van der Waals surface area (Å²) in [6.07, 6.45) is 4.05. The normalized spacial score (nSPS) is 25.8. The highest BCUT2D eigenvalue weighted by Crippen LogP contribution is 2.25. The van der Waals surface area contributed by atoms with Crippen molar-refractivity contribution >= 4 is 10.0 Å². The van der Waals surface area contributed by atoms with Crippen LogP contribution in [0.4, 0.5) is 0 Å². The van der Waals surface area contributed by atoms with Gasteiger partial charge in [-0.1, -0.05) is 12.8 Å². The minimum absolute atomic E-state index is 0.0232. The summed E-state index contributed by atoms with van der Waals surface area (Å²) in [6.45, 7) is 5.78. The van der Waals surface area contributed by atoms with E-state index in [2.05, 4.69) is 0 Å². The lowest BCUT2D eigenvalue weighted by Crippen LogP contribution is -2.44. The molecule has 1 aliphatic rings. The Balaban J connectivity index is 2.89. The zero-order chi connectivity index (χ0) is 13.1. The van der Waals surface area contributed by atoms with Gasteiger partial charge in [-0.15, -0.1) is 0 Å². The maximum absolute atomic E-state index is 12.3. The van der Waals surface area contributed by atoms with Crippen LogP contribution in [0.5, 0.6) is 0 Å². The molecule has 0 aromatic rings. The zero-order valence-electron chi connectivity index (χ0n) is 11.1. The number of hydrogen-bond acceptors (Lipinski definition) is 3. The molecule has 1 saturated heterocycles. The third kappa shape index (κ3) is 3.93. The van der Waals surface area contributed by atoms with Crippen LogP contribution in [0.2, 0.25) is 0 Å². The van der Waals surface area contributed by atoms with Crippen LogP contribution >= 0.6 is 0 Å². The Bertz CT molecular complexity index is 325. The SMILES string of the molecule is CC(O)CC1CCCCCN1S(=O)(=O)C(C)C. The molecule has 0 radical (unpaired) electrons. The summed E-state index contributed by atoms with van der Waals surface area (Å²) in [5.74, 6) is 0. The Morgan fingerprint density at radius 1 is 1.24 bits per heavy atom. The first kappa shape index (κ1) is 14.9. The van der Waals surface area contributed by atoms with Crippen molar-refractivity contribution in [3.05, 3.63) is 0 Å². The van der Waals surface area contributed by atoms with Crippen molar-refractivity contribution in [2.24, 2.45) is 0 Å². The van der Waals surface area contributed by atoms with Crippen molar-refractivity contribution in [2.75, 3.05) is 6.54 Å². The Morgan fingerprint density at radius 2 is 1.88 bits per heavy atom. The molecule has 1 heterocycles. The van der Waals surface area contributed by atoms with E-state index in [0.29, 0.717) is 13.0 Å². The summed E-state index contributed by atoms with van der Waals surface area (Å²) >= 11 is 0. The largest absolute Gasteiger partial charge is 0.393 e. The molecule has 2 unspecified atom stereocenters. The van der Waals surface area contributed by atoms with Gasteiger partial charge in [-0.3, -0.25) is 0 Å². The molecule has 102 valence electrons. The Morgan fingerprint density at radius 3 is 2.41 bits per heavy atom. The lowest BCUT2D eigenvalue weighted by molar-refractivity contribution is 0.146. The van der Waals surface area contributed by atoms with Gasteiger partial charge in [-0.05, 0) is 40.0 Å². The molecular formula is C12H25NO3S. The molecule has 0 amide bonds. The third-order valence-electron chi connectivity index (χ3n) is 3.36. The van der Waals surface area contributed by atoms with Crippen molar-refractivity contribution in [2.45, 2.75) is 70.3 Å². The van der Waals surface area contributed by atoms with E-state index >= 15 is 0 Å². The van der Waals surface area contributed by atoms with E-state index < -0.39 is 16.1 Å². The summed E-state index contributed by atoms with van der Waals surface area (Å²) < 4.78 is 26.2. The van der Waals surface area contributed by atoms with Gasteiger partial charge in [0.2, 0.25) is 10.0 Å². The first-order chi connectivity index (χ1) is 7.85. The summed E-state index contributed by atoms with van der Waals surface area (Å²) in [6, 6.07) is -0.0232. The molecular weight excluding hydrogens is 238 g/mol. The molecule has 2 atom stereocenters. The van der Waals surface area contributed by atoms with Crippen LogP contribution in [-0.4, -0.2) is 41.8 Å². The fourth-order valence-electron chi connectivity index (χ4n) is 2.39.